The second kappa shape index (κ2) is 8.26. The number of aromatic nitrogens is 7. The molecule has 0 spiro atoms. The Morgan fingerprint density at radius 2 is 2.06 bits per heavy atom. The quantitative estimate of drug-likeness (QED) is 0.491. The van der Waals surface area contributed by atoms with Crippen molar-refractivity contribution in [2.75, 3.05) is 41.1 Å². The summed E-state index contributed by atoms with van der Waals surface area (Å²) in [6.45, 7) is 2.54. The standard InChI is InChI=1S/C21H27N11O/c1-21(17(33)24-16-12-22-8-9-23-16)7-4-10-32(21)20-27-18(26-19(28-20)31(2)3)25-15-11-14(29-30-15)13-5-6-13/h8-9,11-13H,4-7,10H2,1-3H3,(H,23,24,33)(H2,25,26,27,28,29,30)/t21-/m0/s1. The zero-order valence-electron chi connectivity index (χ0n) is 18.9. The number of H-pyrrole nitrogens is 1. The first-order chi connectivity index (χ1) is 15.9. The van der Waals surface area contributed by atoms with Gasteiger partial charge in [0.1, 0.15) is 5.54 Å². The summed E-state index contributed by atoms with van der Waals surface area (Å²) in [6, 6.07) is 1.99. The fourth-order valence-electron chi connectivity index (χ4n) is 3.98. The van der Waals surface area contributed by atoms with Crippen LogP contribution in [0, 0.1) is 0 Å². The van der Waals surface area contributed by atoms with E-state index in [1.165, 1.54) is 19.0 Å². The number of hydrogen-bond donors (Lipinski definition) is 3. The molecule has 0 radical (unpaired) electrons. The largest absolute Gasteiger partial charge is 0.347 e. The predicted octanol–water partition coefficient (Wildman–Crippen LogP) is 2.07. The van der Waals surface area contributed by atoms with Gasteiger partial charge in [0.2, 0.25) is 17.8 Å². The van der Waals surface area contributed by atoms with Crippen molar-refractivity contribution in [3.63, 3.8) is 0 Å². The minimum Gasteiger partial charge on any atom is -0.347 e. The number of nitrogens with zero attached hydrogens (tertiary/aromatic N) is 8. The highest BCUT2D eigenvalue weighted by atomic mass is 16.2. The van der Waals surface area contributed by atoms with E-state index in [0.717, 1.165) is 12.1 Å². The Labute approximate surface area is 191 Å². The third kappa shape index (κ3) is 4.28. The number of carbonyl (C=O) groups excluding carboxylic acids is 1. The van der Waals surface area contributed by atoms with Crippen LogP contribution < -0.4 is 20.4 Å². The number of carbonyl (C=O) groups is 1. The molecule has 0 bridgehead atoms. The van der Waals surface area contributed by atoms with Crippen molar-refractivity contribution in [2.45, 2.75) is 44.1 Å². The summed E-state index contributed by atoms with van der Waals surface area (Å²) in [5.41, 5.74) is 0.276. The van der Waals surface area contributed by atoms with Crippen LogP contribution >= 0.6 is 0 Å². The lowest BCUT2D eigenvalue weighted by Gasteiger charge is -2.34. The van der Waals surface area contributed by atoms with E-state index in [2.05, 4.69) is 45.8 Å². The van der Waals surface area contributed by atoms with Gasteiger partial charge in [-0.25, -0.2) is 4.98 Å². The normalized spacial score (nSPS) is 20.0. The molecule has 1 saturated carbocycles. The van der Waals surface area contributed by atoms with Crippen LogP contribution in [0.1, 0.15) is 44.2 Å². The molecule has 2 aliphatic rings. The molecule has 3 aromatic heterocycles. The van der Waals surface area contributed by atoms with Crippen LogP contribution in [0.5, 0.6) is 0 Å². The molecule has 172 valence electrons. The maximum atomic E-state index is 13.3. The van der Waals surface area contributed by atoms with Crippen molar-refractivity contribution in [3.05, 3.63) is 30.4 Å². The van der Waals surface area contributed by atoms with E-state index in [9.17, 15) is 4.79 Å². The van der Waals surface area contributed by atoms with E-state index in [0.29, 0.717) is 48.4 Å². The number of nitrogens with one attached hydrogen (secondary N) is 3. The van der Waals surface area contributed by atoms with Crippen molar-refractivity contribution < 1.29 is 4.79 Å². The topological polar surface area (TPSA) is 141 Å². The summed E-state index contributed by atoms with van der Waals surface area (Å²) in [4.78, 5) is 39.0. The van der Waals surface area contributed by atoms with Gasteiger partial charge in [0.15, 0.2) is 11.6 Å². The molecule has 1 aliphatic carbocycles. The molecule has 2 fully saturated rings. The van der Waals surface area contributed by atoms with Crippen LogP contribution in [0.15, 0.2) is 24.7 Å². The molecule has 5 rings (SSSR count). The molecule has 4 heterocycles. The third-order valence-corrected chi connectivity index (χ3v) is 6.04. The summed E-state index contributed by atoms with van der Waals surface area (Å²) in [5.74, 6) is 2.75. The number of aromatic amines is 1. The Balaban J connectivity index is 1.43. The van der Waals surface area contributed by atoms with Gasteiger partial charge in [-0.3, -0.25) is 14.9 Å². The first-order valence-corrected chi connectivity index (χ1v) is 11.0. The van der Waals surface area contributed by atoms with Crippen LogP contribution in [0.2, 0.25) is 0 Å². The van der Waals surface area contributed by atoms with Crippen LogP contribution in [-0.2, 0) is 4.79 Å². The van der Waals surface area contributed by atoms with Gasteiger partial charge in [-0.15, -0.1) is 0 Å². The van der Waals surface area contributed by atoms with E-state index >= 15 is 0 Å². The zero-order valence-corrected chi connectivity index (χ0v) is 18.9. The van der Waals surface area contributed by atoms with Crippen LogP contribution in [0.25, 0.3) is 0 Å². The molecule has 33 heavy (non-hydrogen) atoms. The Morgan fingerprint density at radius 3 is 2.79 bits per heavy atom. The van der Waals surface area contributed by atoms with Gasteiger partial charge in [0.25, 0.3) is 5.91 Å². The first-order valence-electron chi connectivity index (χ1n) is 11.0. The van der Waals surface area contributed by atoms with E-state index in [4.69, 9.17) is 0 Å². The van der Waals surface area contributed by atoms with Crippen molar-refractivity contribution >= 4 is 35.4 Å². The smallest absolute Gasteiger partial charge is 0.251 e. The molecule has 3 N–H and O–H groups in total. The molecule has 3 aromatic rings. The van der Waals surface area contributed by atoms with Gasteiger partial charge in [0.05, 0.1) is 6.20 Å². The molecular weight excluding hydrogens is 422 g/mol. The summed E-state index contributed by atoms with van der Waals surface area (Å²) in [7, 11) is 3.74. The van der Waals surface area contributed by atoms with Crippen molar-refractivity contribution in [1.29, 1.82) is 0 Å². The van der Waals surface area contributed by atoms with Crippen molar-refractivity contribution in [3.8, 4) is 0 Å². The van der Waals surface area contributed by atoms with Crippen LogP contribution in [-0.4, -0.2) is 67.2 Å². The fourth-order valence-corrected chi connectivity index (χ4v) is 3.98. The van der Waals surface area contributed by atoms with Crippen LogP contribution in [0.4, 0.5) is 29.5 Å². The maximum absolute atomic E-state index is 13.3. The molecule has 0 aromatic carbocycles. The molecule has 1 aliphatic heterocycles. The SMILES string of the molecule is CN(C)c1nc(Nc2cc(C3CC3)[nH]n2)nc(N2CCC[C@@]2(C)C(=O)Nc2cnccn2)n1. The number of rotatable bonds is 7. The van der Waals surface area contributed by atoms with Gasteiger partial charge in [-0.05, 0) is 32.6 Å². The Hall–Kier alpha value is -3.83. The number of amides is 1. The highest BCUT2D eigenvalue weighted by Crippen LogP contribution is 2.40. The summed E-state index contributed by atoms with van der Waals surface area (Å²) in [5, 5.41) is 13.5. The molecule has 12 heteroatoms. The average Bonchev–Trinajstić information content (AvgIpc) is 3.42. The molecule has 0 unspecified atom stereocenters. The minimum absolute atomic E-state index is 0.178. The molecule has 12 nitrogen and oxygen atoms in total. The second-order valence-electron chi connectivity index (χ2n) is 8.84. The lowest BCUT2D eigenvalue weighted by atomic mass is 9.98. The van der Waals surface area contributed by atoms with Crippen molar-refractivity contribution in [2.24, 2.45) is 0 Å². The van der Waals surface area contributed by atoms with Gasteiger partial charge in [-0.2, -0.15) is 20.1 Å². The molecule has 1 saturated heterocycles. The van der Waals surface area contributed by atoms with E-state index in [-0.39, 0.29) is 5.91 Å². The zero-order chi connectivity index (χ0) is 23.0. The second-order valence-corrected chi connectivity index (χ2v) is 8.84. The summed E-state index contributed by atoms with van der Waals surface area (Å²) in [6.07, 6.45) is 8.50. The Bertz CT molecular complexity index is 1140. The monoisotopic (exact) mass is 449 g/mol. The highest BCUT2D eigenvalue weighted by molar-refractivity contribution is 5.99. The maximum Gasteiger partial charge on any atom is 0.251 e. The fraction of sp³-hybridized carbons (Fsp3) is 0.476. The van der Waals surface area contributed by atoms with Gasteiger partial charge < -0.3 is 20.4 Å². The number of anilines is 5. The van der Waals surface area contributed by atoms with Gasteiger partial charge in [-0.1, -0.05) is 0 Å². The van der Waals surface area contributed by atoms with Gasteiger partial charge in [0, 0.05) is 50.7 Å². The molecular formula is C21H27N11O. The first kappa shape index (κ1) is 21.0. The number of hydrogen-bond acceptors (Lipinski definition) is 10. The average molecular weight is 450 g/mol. The van der Waals surface area contributed by atoms with E-state index in [1.54, 1.807) is 12.4 Å². The predicted molar refractivity (Wildman–Crippen MR) is 124 cm³/mol. The van der Waals surface area contributed by atoms with E-state index in [1.807, 2.05) is 36.9 Å². The summed E-state index contributed by atoms with van der Waals surface area (Å²) < 4.78 is 0. The van der Waals surface area contributed by atoms with Crippen LogP contribution in [0.3, 0.4) is 0 Å². The van der Waals surface area contributed by atoms with Crippen molar-refractivity contribution in [1.82, 2.24) is 35.1 Å². The lowest BCUT2D eigenvalue weighted by molar-refractivity contribution is -0.120. The summed E-state index contributed by atoms with van der Waals surface area (Å²) >= 11 is 0. The Morgan fingerprint density at radius 1 is 1.21 bits per heavy atom. The third-order valence-electron chi connectivity index (χ3n) is 6.04. The molecule has 1 atom stereocenters. The highest BCUT2D eigenvalue weighted by Gasteiger charge is 2.45. The minimum atomic E-state index is -0.842. The van der Waals surface area contributed by atoms with E-state index < -0.39 is 5.54 Å². The lowest BCUT2D eigenvalue weighted by Crippen LogP contribution is -2.52. The Kier molecular flexibility index (Phi) is 5.27. The molecule has 1 amide bonds. The van der Waals surface area contributed by atoms with Gasteiger partial charge >= 0.3 is 0 Å².